The summed E-state index contributed by atoms with van der Waals surface area (Å²) in [5.41, 5.74) is 5.23. The van der Waals surface area contributed by atoms with Gasteiger partial charge < -0.3 is 10.8 Å². The van der Waals surface area contributed by atoms with E-state index in [-0.39, 0.29) is 5.56 Å². The molecule has 82 valence electrons. The second-order valence-corrected chi connectivity index (χ2v) is 3.14. The zero-order valence-corrected chi connectivity index (χ0v) is 8.11. The average molecular weight is 214 g/mol. The van der Waals surface area contributed by atoms with Crippen LogP contribution in [-0.2, 0) is 0 Å². The van der Waals surface area contributed by atoms with E-state index in [4.69, 9.17) is 5.73 Å². The van der Waals surface area contributed by atoms with Crippen molar-refractivity contribution in [2.75, 3.05) is 0 Å². The minimum atomic E-state index is -1.02. The lowest BCUT2D eigenvalue weighted by atomic mass is 10.0. The molecule has 1 aromatic carbocycles. The Hall–Kier alpha value is -1.69. The summed E-state index contributed by atoms with van der Waals surface area (Å²) in [6.07, 6.45) is 0.453. The van der Waals surface area contributed by atoms with E-state index in [1.165, 1.54) is 0 Å². The van der Waals surface area contributed by atoms with Crippen LogP contribution in [0.3, 0.4) is 0 Å². The molecule has 6 heteroatoms. The van der Waals surface area contributed by atoms with Crippen LogP contribution in [-0.4, -0.2) is 10.0 Å². The molecule has 3 N–H and O–H groups in total. The van der Waals surface area contributed by atoms with Crippen LogP contribution in [0.1, 0.15) is 24.9 Å². The Balaban J connectivity index is 3.31. The summed E-state index contributed by atoms with van der Waals surface area (Å²) >= 11 is 0. The fraction of sp³-hybridized carbons (Fsp3) is 0.333. The van der Waals surface area contributed by atoms with Gasteiger partial charge in [0.15, 0.2) is 11.6 Å². The Morgan fingerprint density at radius 1 is 1.67 bits per heavy atom. The number of hydrogen-bond donors (Lipinski definition) is 2. The average Bonchev–Trinajstić information content (AvgIpc) is 2.20. The third-order valence-corrected chi connectivity index (χ3v) is 2.13. The van der Waals surface area contributed by atoms with Crippen LogP contribution in [0.5, 0.6) is 5.75 Å². The van der Waals surface area contributed by atoms with E-state index >= 15 is 0 Å². The molecule has 0 saturated heterocycles. The van der Waals surface area contributed by atoms with Crippen LogP contribution in [0.2, 0.25) is 0 Å². The van der Waals surface area contributed by atoms with Gasteiger partial charge in [-0.05, 0) is 6.42 Å². The van der Waals surface area contributed by atoms with Crippen LogP contribution in [0.4, 0.5) is 10.1 Å². The topological polar surface area (TPSA) is 89.4 Å². The van der Waals surface area contributed by atoms with Crippen molar-refractivity contribution >= 4 is 5.69 Å². The maximum absolute atomic E-state index is 13.1. The van der Waals surface area contributed by atoms with E-state index in [2.05, 4.69) is 0 Å². The van der Waals surface area contributed by atoms with E-state index in [9.17, 15) is 19.6 Å². The van der Waals surface area contributed by atoms with Crippen molar-refractivity contribution < 1.29 is 14.4 Å². The van der Waals surface area contributed by atoms with Crippen LogP contribution in [0.25, 0.3) is 0 Å². The summed E-state index contributed by atoms with van der Waals surface area (Å²) in [5.74, 6) is -1.64. The highest BCUT2D eigenvalue weighted by Crippen LogP contribution is 2.31. The van der Waals surface area contributed by atoms with E-state index in [1.54, 1.807) is 6.92 Å². The molecule has 0 aliphatic carbocycles. The first-order valence-electron chi connectivity index (χ1n) is 4.39. The number of non-ortho nitro benzene ring substituents is 1. The molecule has 0 aromatic heterocycles. The highest BCUT2D eigenvalue weighted by atomic mass is 19.1. The van der Waals surface area contributed by atoms with Gasteiger partial charge in [0, 0.05) is 17.7 Å². The monoisotopic (exact) mass is 214 g/mol. The Morgan fingerprint density at radius 3 is 2.73 bits per heavy atom. The molecule has 0 spiro atoms. The number of nitro benzene ring substituents is 1. The third-order valence-electron chi connectivity index (χ3n) is 2.13. The van der Waals surface area contributed by atoms with Gasteiger partial charge in [0.25, 0.3) is 5.69 Å². The lowest BCUT2D eigenvalue weighted by Crippen LogP contribution is -2.10. The number of aromatic hydroxyl groups is 1. The highest BCUT2D eigenvalue weighted by molar-refractivity contribution is 5.45. The molecular weight excluding hydrogens is 203 g/mol. The summed E-state index contributed by atoms with van der Waals surface area (Å²) in [4.78, 5) is 9.72. The molecule has 1 aromatic rings. The van der Waals surface area contributed by atoms with Crippen LogP contribution < -0.4 is 5.73 Å². The van der Waals surface area contributed by atoms with E-state index in [1.807, 2.05) is 0 Å². The van der Waals surface area contributed by atoms with Crippen LogP contribution in [0.15, 0.2) is 12.1 Å². The van der Waals surface area contributed by atoms with Crippen molar-refractivity contribution in [3.8, 4) is 5.75 Å². The molecule has 0 aliphatic heterocycles. The van der Waals surface area contributed by atoms with Crippen molar-refractivity contribution in [2.24, 2.45) is 5.73 Å². The highest BCUT2D eigenvalue weighted by Gasteiger charge is 2.19. The fourth-order valence-electron chi connectivity index (χ4n) is 1.21. The molecule has 0 bridgehead atoms. The molecular formula is C9H11FN2O3. The Labute approximate surface area is 85.5 Å². The maximum Gasteiger partial charge on any atom is 0.272 e. The van der Waals surface area contributed by atoms with Gasteiger partial charge in [0.05, 0.1) is 11.0 Å². The first kappa shape index (κ1) is 11.4. The predicted octanol–water partition coefficient (Wildman–Crippen LogP) is 1.85. The van der Waals surface area contributed by atoms with Gasteiger partial charge >= 0.3 is 0 Å². The lowest BCUT2D eigenvalue weighted by Gasteiger charge is -2.11. The molecule has 0 aliphatic rings. The Morgan fingerprint density at radius 2 is 2.27 bits per heavy atom. The molecule has 0 saturated carbocycles. The number of nitrogens with two attached hydrogens (primary N) is 1. The molecule has 15 heavy (non-hydrogen) atoms. The van der Waals surface area contributed by atoms with Gasteiger partial charge in [-0.2, -0.15) is 0 Å². The molecule has 1 atom stereocenters. The van der Waals surface area contributed by atoms with Crippen molar-refractivity contribution in [2.45, 2.75) is 19.4 Å². The van der Waals surface area contributed by atoms with Gasteiger partial charge in [-0.3, -0.25) is 10.1 Å². The second-order valence-electron chi connectivity index (χ2n) is 3.14. The summed E-state index contributed by atoms with van der Waals surface area (Å²) in [7, 11) is 0. The summed E-state index contributed by atoms with van der Waals surface area (Å²) in [5, 5.41) is 19.8. The summed E-state index contributed by atoms with van der Waals surface area (Å²) < 4.78 is 13.1. The third kappa shape index (κ3) is 2.21. The standard InChI is InChI=1S/C9H11FN2O3/c1-2-8(11)6-3-5(12(14)15)4-7(10)9(6)13/h3-4,8,13H,2,11H2,1H3/t8-/m1/s1. The smallest absolute Gasteiger partial charge is 0.272 e. The van der Waals surface area contributed by atoms with Crippen LogP contribution >= 0.6 is 0 Å². The Kier molecular flexibility index (Phi) is 3.21. The first-order valence-corrected chi connectivity index (χ1v) is 4.39. The van der Waals surface area contributed by atoms with E-state index < -0.39 is 28.2 Å². The van der Waals surface area contributed by atoms with Gasteiger partial charge in [-0.1, -0.05) is 6.92 Å². The van der Waals surface area contributed by atoms with Gasteiger partial charge in [-0.25, -0.2) is 4.39 Å². The number of benzene rings is 1. The van der Waals surface area contributed by atoms with E-state index in [0.29, 0.717) is 12.5 Å². The predicted molar refractivity (Wildman–Crippen MR) is 51.9 cm³/mol. The zero-order chi connectivity index (χ0) is 11.6. The maximum atomic E-state index is 13.1. The molecule has 0 amide bonds. The zero-order valence-electron chi connectivity index (χ0n) is 8.11. The number of hydrogen-bond acceptors (Lipinski definition) is 4. The summed E-state index contributed by atoms with van der Waals surface area (Å²) in [6.45, 7) is 1.74. The summed E-state index contributed by atoms with van der Waals surface area (Å²) in [6, 6.07) is 1.15. The number of phenols is 1. The first-order chi connectivity index (χ1) is 6.97. The molecule has 0 fully saturated rings. The second kappa shape index (κ2) is 4.22. The molecule has 5 nitrogen and oxygen atoms in total. The van der Waals surface area contributed by atoms with Crippen molar-refractivity contribution in [3.05, 3.63) is 33.6 Å². The SMILES string of the molecule is CC[C@@H](N)c1cc([N+](=O)[O-])cc(F)c1O. The van der Waals surface area contributed by atoms with Crippen LogP contribution in [0, 0.1) is 15.9 Å². The quantitative estimate of drug-likeness (QED) is 0.593. The van der Waals surface area contributed by atoms with Crippen molar-refractivity contribution in [3.63, 3.8) is 0 Å². The number of rotatable bonds is 3. The Bertz CT molecular complexity index is 395. The van der Waals surface area contributed by atoms with Crippen molar-refractivity contribution in [1.82, 2.24) is 0 Å². The van der Waals surface area contributed by atoms with Gasteiger partial charge in [0.1, 0.15) is 0 Å². The molecule has 0 unspecified atom stereocenters. The van der Waals surface area contributed by atoms with Gasteiger partial charge in [-0.15, -0.1) is 0 Å². The fourth-order valence-corrected chi connectivity index (χ4v) is 1.21. The minimum Gasteiger partial charge on any atom is -0.505 e. The molecule has 0 heterocycles. The minimum absolute atomic E-state index is 0.0594. The van der Waals surface area contributed by atoms with Crippen molar-refractivity contribution in [1.29, 1.82) is 0 Å². The van der Waals surface area contributed by atoms with Gasteiger partial charge in [0.2, 0.25) is 0 Å². The number of nitrogens with zero attached hydrogens (tertiary/aromatic N) is 1. The van der Waals surface area contributed by atoms with E-state index in [0.717, 1.165) is 6.07 Å². The largest absolute Gasteiger partial charge is 0.505 e. The number of nitro groups is 1. The lowest BCUT2D eigenvalue weighted by molar-refractivity contribution is -0.385. The number of halogens is 1. The molecule has 0 radical (unpaired) electrons. The normalized spacial score (nSPS) is 12.5. The molecule has 1 rings (SSSR count). The number of phenolic OH excluding ortho intramolecular Hbond substituents is 1.